The number of piperidine rings is 1. The van der Waals surface area contributed by atoms with E-state index in [0.717, 1.165) is 37.1 Å². The number of aliphatic imine (C=N–C) groups is 1. The summed E-state index contributed by atoms with van der Waals surface area (Å²) in [6.07, 6.45) is 6.03. The number of ether oxygens (including phenoxy) is 2. The number of pyridine rings is 1. The molecule has 1 amide bonds. The van der Waals surface area contributed by atoms with Gasteiger partial charge in [-0.25, -0.2) is 4.98 Å². The van der Waals surface area contributed by atoms with E-state index in [4.69, 9.17) is 37.2 Å². The first-order valence-corrected chi connectivity index (χ1v) is 11.9. The molecule has 9 nitrogen and oxygen atoms in total. The summed E-state index contributed by atoms with van der Waals surface area (Å²) >= 11 is 6.39. The number of rotatable bonds is 10. The Labute approximate surface area is 211 Å². The first-order chi connectivity index (χ1) is 16.9. The first-order valence-electron chi connectivity index (χ1n) is 11.6. The number of halogens is 1. The van der Waals surface area contributed by atoms with Gasteiger partial charge in [0.2, 0.25) is 5.91 Å². The van der Waals surface area contributed by atoms with Gasteiger partial charge in [-0.15, -0.1) is 0 Å². The molecule has 10 heteroatoms. The Hall–Kier alpha value is -3.17. The number of likely N-dealkylation sites (N-methyl/N-ethyl adjacent to an activating group) is 1. The maximum absolute atomic E-state index is 11.6. The Morgan fingerprint density at radius 3 is 2.80 bits per heavy atom. The standard InChI is InChI=1S/C25H33ClN6O3/c1-16(24-20(26)5-4-6-21(24)34-3)35-22-11-17(13-31-25(22)28)18(12-27)14-30-19-7-9-32(10-8-19)15-23(33)29-2/h4-6,11-14,16,18-19,27H,7-10,15H2,1-3H3,(H2,28,31)(H,29,33). The summed E-state index contributed by atoms with van der Waals surface area (Å²) in [5, 5.41) is 11.1. The minimum Gasteiger partial charge on any atom is -0.496 e. The lowest BCUT2D eigenvalue weighted by molar-refractivity contribution is -0.122. The van der Waals surface area contributed by atoms with Crippen LogP contribution in [-0.4, -0.2) is 68.1 Å². The second-order valence-electron chi connectivity index (χ2n) is 8.44. The van der Waals surface area contributed by atoms with Crippen LogP contribution in [0, 0.1) is 5.41 Å². The maximum atomic E-state index is 11.6. The fraction of sp³-hybridized carbons (Fsp3) is 0.440. The van der Waals surface area contributed by atoms with E-state index >= 15 is 0 Å². The van der Waals surface area contributed by atoms with Crippen LogP contribution in [0.25, 0.3) is 0 Å². The van der Waals surface area contributed by atoms with Gasteiger partial charge in [-0.05, 0) is 43.5 Å². The molecule has 1 saturated heterocycles. The number of carbonyl (C=O) groups is 1. The summed E-state index contributed by atoms with van der Waals surface area (Å²) in [6, 6.07) is 7.36. The molecule has 1 fully saturated rings. The van der Waals surface area contributed by atoms with E-state index < -0.39 is 6.10 Å². The highest BCUT2D eigenvalue weighted by molar-refractivity contribution is 6.31. The van der Waals surface area contributed by atoms with E-state index in [1.165, 1.54) is 6.21 Å². The second kappa shape index (κ2) is 12.5. The number of nitrogen functional groups attached to an aromatic ring is 1. The monoisotopic (exact) mass is 500 g/mol. The van der Waals surface area contributed by atoms with E-state index in [1.54, 1.807) is 38.7 Å². The second-order valence-corrected chi connectivity index (χ2v) is 8.85. The van der Waals surface area contributed by atoms with Crippen LogP contribution >= 0.6 is 11.6 Å². The van der Waals surface area contributed by atoms with Gasteiger partial charge in [-0.1, -0.05) is 17.7 Å². The molecular formula is C25H33ClN6O3. The molecule has 0 bridgehead atoms. The highest BCUT2D eigenvalue weighted by Crippen LogP contribution is 2.36. The van der Waals surface area contributed by atoms with Gasteiger partial charge in [0, 0.05) is 38.8 Å². The number of carbonyl (C=O) groups excluding carboxylic acids is 1. The molecule has 0 saturated carbocycles. The molecule has 2 atom stereocenters. The molecule has 4 N–H and O–H groups in total. The Bertz CT molecular complexity index is 1060. The molecule has 2 heterocycles. The molecule has 188 valence electrons. The van der Waals surface area contributed by atoms with Crippen molar-refractivity contribution in [2.75, 3.05) is 39.5 Å². The largest absolute Gasteiger partial charge is 0.496 e. The number of anilines is 1. The van der Waals surface area contributed by atoms with Crippen LogP contribution in [0.4, 0.5) is 5.82 Å². The zero-order chi connectivity index (χ0) is 25.4. The molecular weight excluding hydrogens is 468 g/mol. The third-order valence-corrected chi connectivity index (χ3v) is 6.40. The number of nitrogens with one attached hydrogen (secondary N) is 2. The van der Waals surface area contributed by atoms with Gasteiger partial charge in [0.1, 0.15) is 11.9 Å². The summed E-state index contributed by atoms with van der Waals surface area (Å²) in [5.41, 5.74) is 7.56. The molecule has 0 aliphatic carbocycles. The van der Waals surface area contributed by atoms with E-state index in [2.05, 4.69) is 15.2 Å². The molecule has 2 aromatic rings. The summed E-state index contributed by atoms with van der Waals surface area (Å²) in [7, 11) is 3.23. The zero-order valence-electron chi connectivity index (χ0n) is 20.3. The third-order valence-electron chi connectivity index (χ3n) is 6.07. The summed E-state index contributed by atoms with van der Waals surface area (Å²) in [5.74, 6) is 0.931. The Morgan fingerprint density at radius 1 is 1.40 bits per heavy atom. The minimum absolute atomic E-state index is 0.0204. The summed E-state index contributed by atoms with van der Waals surface area (Å²) < 4.78 is 11.6. The van der Waals surface area contributed by atoms with Crippen molar-refractivity contribution in [1.29, 1.82) is 5.41 Å². The third kappa shape index (κ3) is 6.93. The number of amides is 1. The zero-order valence-corrected chi connectivity index (χ0v) is 21.1. The van der Waals surface area contributed by atoms with Crippen molar-refractivity contribution >= 4 is 35.8 Å². The van der Waals surface area contributed by atoms with Crippen LogP contribution in [0.15, 0.2) is 35.5 Å². The summed E-state index contributed by atoms with van der Waals surface area (Å²) in [4.78, 5) is 22.7. The van der Waals surface area contributed by atoms with Crippen molar-refractivity contribution in [2.45, 2.75) is 37.8 Å². The van der Waals surface area contributed by atoms with Crippen LogP contribution in [0.2, 0.25) is 5.02 Å². The van der Waals surface area contributed by atoms with Crippen LogP contribution in [-0.2, 0) is 4.79 Å². The highest BCUT2D eigenvalue weighted by atomic mass is 35.5. The van der Waals surface area contributed by atoms with Gasteiger partial charge in [0.15, 0.2) is 11.6 Å². The number of hydrogen-bond acceptors (Lipinski definition) is 8. The molecule has 3 rings (SSSR count). The lowest BCUT2D eigenvalue weighted by Gasteiger charge is -2.29. The molecule has 1 aliphatic heterocycles. The first kappa shape index (κ1) is 26.4. The molecule has 35 heavy (non-hydrogen) atoms. The molecule has 1 aliphatic rings. The van der Waals surface area contributed by atoms with Crippen molar-refractivity contribution in [3.63, 3.8) is 0 Å². The average Bonchev–Trinajstić information content (AvgIpc) is 2.86. The van der Waals surface area contributed by atoms with Crippen molar-refractivity contribution < 1.29 is 14.3 Å². The Balaban J connectivity index is 1.69. The van der Waals surface area contributed by atoms with Gasteiger partial charge < -0.3 is 25.9 Å². The smallest absolute Gasteiger partial charge is 0.233 e. The Morgan fingerprint density at radius 2 is 2.14 bits per heavy atom. The quantitative estimate of drug-likeness (QED) is 0.429. The molecule has 1 aromatic carbocycles. The van der Waals surface area contributed by atoms with Gasteiger partial charge >= 0.3 is 0 Å². The fourth-order valence-corrected chi connectivity index (χ4v) is 4.35. The number of nitrogens with two attached hydrogens (primary N) is 1. The SMILES string of the molecule is CNC(=O)CN1CCC(N=CC(C=N)c2cnc(N)c(OC(C)c3c(Cl)cccc3OC)c2)CC1. The predicted octanol–water partition coefficient (Wildman–Crippen LogP) is 3.48. The molecule has 1 aromatic heterocycles. The lowest BCUT2D eigenvalue weighted by Crippen LogP contribution is -2.41. The van der Waals surface area contributed by atoms with E-state index in [1.807, 2.05) is 19.1 Å². The predicted molar refractivity (Wildman–Crippen MR) is 139 cm³/mol. The lowest BCUT2D eigenvalue weighted by atomic mass is 10.0. The Kier molecular flexibility index (Phi) is 9.45. The van der Waals surface area contributed by atoms with Gasteiger partial charge in [-0.3, -0.25) is 14.7 Å². The summed E-state index contributed by atoms with van der Waals surface area (Å²) in [6.45, 7) is 3.90. The number of methoxy groups -OCH3 is 1. The number of aromatic nitrogens is 1. The van der Waals surface area contributed by atoms with Crippen molar-refractivity contribution in [3.8, 4) is 11.5 Å². The van der Waals surface area contributed by atoms with Gasteiger partial charge in [0.05, 0.1) is 36.2 Å². The van der Waals surface area contributed by atoms with Crippen LogP contribution in [0.5, 0.6) is 11.5 Å². The maximum Gasteiger partial charge on any atom is 0.233 e. The van der Waals surface area contributed by atoms with Crippen molar-refractivity contribution in [1.82, 2.24) is 15.2 Å². The van der Waals surface area contributed by atoms with E-state index in [9.17, 15) is 4.79 Å². The number of hydrogen-bond donors (Lipinski definition) is 3. The molecule has 0 spiro atoms. The number of benzene rings is 1. The van der Waals surface area contributed by atoms with E-state index in [0.29, 0.717) is 23.1 Å². The van der Waals surface area contributed by atoms with Gasteiger partial charge in [-0.2, -0.15) is 0 Å². The minimum atomic E-state index is -0.440. The molecule has 0 radical (unpaired) electrons. The highest BCUT2D eigenvalue weighted by Gasteiger charge is 2.21. The van der Waals surface area contributed by atoms with Crippen LogP contribution < -0.4 is 20.5 Å². The van der Waals surface area contributed by atoms with Crippen molar-refractivity contribution in [2.24, 2.45) is 4.99 Å². The average molecular weight is 501 g/mol. The van der Waals surface area contributed by atoms with Gasteiger partial charge in [0.25, 0.3) is 0 Å². The van der Waals surface area contributed by atoms with E-state index in [-0.39, 0.29) is 23.7 Å². The van der Waals surface area contributed by atoms with Crippen molar-refractivity contribution in [3.05, 3.63) is 46.6 Å². The van der Waals surface area contributed by atoms with Crippen LogP contribution in [0.3, 0.4) is 0 Å². The number of likely N-dealkylation sites (tertiary alicyclic amines) is 1. The fourth-order valence-electron chi connectivity index (χ4n) is 4.03. The molecule has 2 unspecified atom stereocenters. The van der Waals surface area contributed by atoms with Crippen LogP contribution in [0.1, 0.15) is 42.9 Å². The normalized spacial score (nSPS) is 16.6. The number of nitrogens with zero attached hydrogens (tertiary/aromatic N) is 3. The topological polar surface area (TPSA) is 126 Å².